The Hall–Kier alpha value is -1.94. The zero-order valence-electron chi connectivity index (χ0n) is 14.9. The van der Waals surface area contributed by atoms with Crippen LogP contribution in [0.15, 0.2) is 59.5 Å². The SMILES string of the molecule is CCCCC(C=O)(CC)S(=O)(=O)c1ccccc1Cc1ccccc1. The molecule has 2 aromatic rings. The molecular formula is C21H26O3S. The fraction of sp³-hybridized carbons (Fsp3) is 0.381. The van der Waals surface area contributed by atoms with Gasteiger partial charge >= 0.3 is 0 Å². The van der Waals surface area contributed by atoms with E-state index in [9.17, 15) is 13.2 Å². The third-order valence-corrected chi connectivity index (χ3v) is 7.44. The summed E-state index contributed by atoms with van der Waals surface area (Å²) in [6.45, 7) is 3.78. The Morgan fingerprint density at radius 2 is 1.60 bits per heavy atom. The average Bonchev–Trinajstić information content (AvgIpc) is 2.64. The van der Waals surface area contributed by atoms with Crippen molar-refractivity contribution >= 4 is 16.1 Å². The lowest BCUT2D eigenvalue weighted by molar-refractivity contribution is -0.110. The fourth-order valence-corrected chi connectivity index (χ4v) is 5.23. The van der Waals surface area contributed by atoms with E-state index >= 15 is 0 Å². The van der Waals surface area contributed by atoms with Crippen LogP contribution in [-0.2, 0) is 21.1 Å². The number of aldehydes is 1. The summed E-state index contributed by atoms with van der Waals surface area (Å²) in [5, 5.41) is 0. The molecule has 0 aliphatic carbocycles. The number of carbonyl (C=O) groups excluding carboxylic acids is 1. The number of unbranched alkanes of at least 4 members (excludes halogenated alkanes) is 1. The Morgan fingerprint density at radius 1 is 0.960 bits per heavy atom. The largest absolute Gasteiger partial charge is 0.302 e. The number of benzene rings is 2. The first-order chi connectivity index (χ1) is 12.0. The van der Waals surface area contributed by atoms with Crippen molar-refractivity contribution in [1.29, 1.82) is 0 Å². The number of hydrogen-bond acceptors (Lipinski definition) is 3. The third kappa shape index (κ3) is 4.01. The van der Waals surface area contributed by atoms with Gasteiger partial charge in [0.2, 0.25) is 0 Å². The van der Waals surface area contributed by atoms with Crippen LogP contribution in [0.2, 0.25) is 0 Å². The lowest BCUT2D eigenvalue weighted by Crippen LogP contribution is -2.40. The second-order valence-corrected chi connectivity index (χ2v) is 8.67. The highest BCUT2D eigenvalue weighted by atomic mass is 32.2. The van der Waals surface area contributed by atoms with Crippen LogP contribution in [0.1, 0.15) is 50.7 Å². The summed E-state index contributed by atoms with van der Waals surface area (Å²) in [4.78, 5) is 12.2. The Kier molecular flexibility index (Phi) is 6.54. The van der Waals surface area contributed by atoms with Crippen LogP contribution in [0.25, 0.3) is 0 Å². The molecule has 1 atom stereocenters. The predicted molar refractivity (Wildman–Crippen MR) is 101 cm³/mol. The van der Waals surface area contributed by atoms with Crippen molar-refractivity contribution in [3.8, 4) is 0 Å². The molecule has 0 aliphatic heterocycles. The Bertz CT molecular complexity index is 797. The van der Waals surface area contributed by atoms with Crippen molar-refractivity contribution in [2.75, 3.05) is 0 Å². The molecule has 0 saturated carbocycles. The highest BCUT2D eigenvalue weighted by Gasteiger charge is 2.43. The Labute approximate surface area is 151 Å². The molecular weight excluding hydrogens is 332 g/mol. The zero-order valence-corrected chi connectivity index (χ0v) is 15.8. The Balaban J connectivity index is 2.50. The molecule has 0 heterocycles. The van der Waals surface area contributed by atoms with E-state index in [1.54, 1.807) is 19.1 Å². The smallest absolute Gasteiger partial charge is 0.191 e. The summed E-state index contributed by atoms with van der Waals surface area (Å²) in [6.07, 6.45) is 3.41. The Morgan fingerprint density at radius 3 is 2.20 bits per heavy atom. The normalized spacial score (nSPS) is 14.0. The highest BCUT2D eigenvalue weighted by Crippen LogP contribution is 2.34. The quantitative estimate of drug-likeness (QED) is 0.616. The number of carbonyl (C=O) groups is 1. The van der Waals surface area contributed by atoms with Crippen LogP contribution in [0, 0.1) is 0 Å². The molecule has 4 heteroatoms. The van der Waals surface area contributed by atoms with Gasteiger partial charge in [0.1, 0.15) is 11.0 Å². The van der Waals surface area contributed by atoms with Crippen molar-refractivity contribution in [3.63, 3.8) is 0 Å². The molecule has 0 aromatic heterocycles. The maximum absolute atomic E-state index is 13.4. The summed E-state index contributed by atoms with van der Waals surface area (Å²) in [7, 11) is -3.75. The third-order valence-electron chi connectivity index (χ3n) is 4.80. The summed E-state index contributed by atoms with van der Waals surface area (Å²) in [5.74, 6) is 0. The maximum Gasteiger partial charge on any atom is 0.191 e. The van der Waals surface area contributed by atoms with E-state index in [0.29, 0.717) is 32.0 Å². The minimum atomic E-state index is -3.75. The standard InChI is InChI=1S/C21H26O3S/c1-3-5-15-21(4-2,17-22)25(23,24)20-14-10-9-13-19(20)16-18-11-7-6-8-12-18/h6-14,17H,3-5,15-16H2,1-2H3. The van der Waals surface area contributed by atoms with Crippen molar-refractivity contribution < 1.29 is 13.2 Å². The molecule has 3 nitrogen and oxygen atoms in total. The van der Waals surface area contributed by atoms with Gasteiger partial charge in [-0.1, -0.05) is 75.2 Å². The van der Waals surface area contributed by atoms with Gasteiger partial charge in [0.25, 0.3) is 0 Å². The minimum Gasteiger partial charge on any atom is -0.302 e. The molecule has 0 saturated heterocycles. The van der Waals surface area contributed by atoms with E-state index < -0.39 is 14.6 Å². The van der Waals surface area contributed by atoms with Gasteiger partial charge in [-0.05, 0) is 36.5 Å². The lowest BCUT2D eigenvalue weighted by Gasteiger charge is -2.27. The fourth-order valence-electron chi connectivity index (χ4n) is 3.13. The van der Waals surface area contributed by atoms with E-state index in [4.69, 9.17) is 0 Å². The van der Waals surface area contributed by atoms with Gasteiger partial charge < -0.3 is 4.79 Å². The molecule has 0 bridgehead atoms. The molecule has 0 aliphatic rings. The summed E-state index contributed by atoms with van der Waals surface area (Å²) in [5.41, 5.74) is 1.79. The van der Waals surface area contributed by atoms with Gasteiger partial charge in [-0.2, -0.15) is 0 Å². The van der Waals surface area contributed by atoms with Crippen molar-refractivity contribution in [2.24, 2.45) is 0 Å². The van der Waals surface area contributed by atoms with Gasteiger partial charge in [-0.25, -0.2) is 8.42 Å². The van der Waals surface area contributed by atoms with Crippen molar-refractivity contribution in [1.82, 2.24) is 0 Å². The molecule has 0 fully saturated rings. The molecule has 2 rings (SSSR count). The van der Waals surface area contributed by atoms with Crippen LogP contribution < -0.4 is 0 Å². The van der Waals surface area contributed by atoms with E-state index in [-0.39, 0.29) is 4.90 Å². The molecule has 0 spiro atoms. The molecule has 1 unspecified atom stereocenters. The van der Waals surface area contributed by atoms with E-state index in [2.05, 4.69) is 0 Å². The highest BCUT2D eigenvalue weighted by molar-refractivity contribution is 7.93. The molecule has 0 N–H and O–H groups in total. The van der Waals surface area contributed by atoms with Crippen LogP contribution in [0.3, 0.4) is 0 Å². The van der Waals surface area contributed by atoms with E-state index in [1.165, 1.54) is 0 Å². The van der Waals surface area contributed by atoms with Gasteiger partial charge in [0, 0.05) is 0 Å². The monoisotopic (exact) mass is 358 g/mol. The second kappa shape index (κ2) is 8.43. The predicted octanol–water partition coefficient (Wildman–Crippen LogP) is 4.59. The van der Waals surface area contributed by atoms with Gasteiger partial charge in [0.15, 0.2) is 9.84 Å². The van der Waals surface area contributed by atoms with Crippen molar-refractivity contribution in [3.05, 3.63) is 65.7 Å². The van der Waals surface area contributed by atoms with Gasteiger partial charge in [-0.15, -0.1) is 0 Å². The molecule has 0 amide bonds. The molecule has 2 aromatic carbocycles. The van der Waals surface area contributed by atoms with Gasteiger partial charge in [-0.3, -0.25) is 0 Å². The van der Waals surface area contributed by atoms with E-state index in [0.717, 1.165) is 17.5 Å². The zero-order chi connectivity index (χ0) is 18.3. The van der Waals surface area contributed by atoms with Crippen LogP contribution in [-0.4, -0.2) is 19.5 Å². The molecule has 134 valence electrons. The topological polar surface area (TPSA) is 51.2 Å². The first kappa shape index (κ1) is 19.4. The van der Waals surface area contributed by atoms with Crippen LogP contribution >= 0.6 is 0 Å². The average molecular weight is 359 g/mol. The summed E-state index contributed by atoms with van der Waals surface area (Å²) < 4.78 is 25.5. The number of sulfone groups is 1. The van der Waals surface area contributed by atoms with Crippen LogP contribution in [0.5, 0.6) is 0 Å². The first-order valence-electron chi connectivity index (χ1n) is 8.83. The number of hydrogen-bond donors (Lipinski definition) is 0. The molecule has 0 radical (unpaired) electrons. The first-order valence-corrected chi connectivity index (χ1v) is 10.3. The second-order valence-electron chi connectivity index (χ2n) is 6.41. The van der Waals surface area contributed by atoms with Gasteiger partial charge in [0.05, 0.1) is 4.90 Å². The molecule has 25 heavy (non-hydrogen) atoms. The van der Waals surface area contributed by atoms with E-state index in [1.807, 2.05) is 49.4 Å². The maximum atomic E-state index is 13.4. The van der Waals surface area contributed by atoms with Crippen molar-refractivity contribution in [2.45, 2.75) is 55.6 Å². The van der Waals surface area contributed by atoms with Crippen LogP contribution in [0.4, 0.5) is 0 Å². The lowest BCUT2D eigenvalue weighted by atomic mass is 10.00. The number of rotatable bonds is 9. The minimum absolute atomic E-state index is 0.281. The summed E-state index contributed by atoms with van der Waals surface area (Å²) in [6, 6.07) is 16.8. The summed E-state index contributed by atoms with van der Waals surface area (Å²) >= 11 is 0.